The van der Waals surface area contributed by atoms with Gasteiger partial charge in [-0.15, -0.1) is 0 Å². The van der Waals surface area contributed by atoms with E-state index in [2.05, 4.69) is 10.2 Å². The van der Waals surface area contributed by atoms with Crippen molar-refractivity contribution in [2.45, 2.75) is 13.2 Å². The minimum atomic E-state index is -0.264. The molecule has 0 radical (unpaired) electrons. The third-order valence-electron chi connectivity index (χ3n) is 5.33. The van der Waals surface area contributed by atoms with Gasteiger partial charge in [-0.2, -0.15) is 0 Å². The highest BCUT2D eigenvalue weighted by Crippen LogP contribution is 2.31. The van der Waals surface area contributed by atoms with E-state index in [1.54, 1.807) is 19.2 Å². The van der Waals surface area contributed by atoms with Crippen LogP contribution in [0.3, 0.4) is 0 Å². The summed E-state index contributed by atoms with van der Waals surface area (Å²) in [5.41, 5.74) is 3.91. The SMILES string of the molecule is COc1cc(CNc2ccc(N3CCOCC3)c(Cl)c2)ccc1OCc1ccc(F)cc1. The molecule has 1 aliphatic rings. The molecule has 7 heteroatoms. The van der Waals surface area contributed by atoms with Crippen molar-refractivity contribution in [3.63, 3.8) is 0 Å². The van der Waals surface area contributed by atoms with Crippen molar-refractivity contribution < 1.29 is 18.6 Å². The predicted molar refractivity (Wildman–Crippen MR) is 126 cm³/mol. The first kappa shape index (κ1) is 22.2. The first-order valence-electron chi connectivity index (χ1n) is 10.5. The number of benzene rings is 3. The number of halogens is 2. The lowest BCUT2D eigenvalue weighted by atomic mass is 10.2. The molecule has 0 bridgehead atoms. The molecule has 0 aromatic heterocycles. The van der Waals surface area contributed by atoms with Crippen LogP contribution in [0.2, 0.25) is 5.02 Å². The first-order chi connectivity index (χ1) is 15.6. The van der Waals surface area contributed by atoms with E-state index in [4.69, 9.17) is 25.8 Å². The van der Waals surface area contributed by atoms with Gasteiger partial charge in [0, 0.05) is 25.3 Å². The maximum Gasteiger partial charge on any atom is 0.161 e. The van der Waals surface area contributed by atoms with Gasteiger partial charge >= 0.3 is 0 Å². The van der Waals surface area contributed by atoms with E-state index in [-0.39, 0.29) is 5.82 Å². The monoisotopic (exact) mass is 456 g/mol. The fourth-order valence-corrected chi connectivity index (χ4v) is 3.86. The summed E-state index contributed by atoms with van der Waals surface area (Å²) in [7, 11) is 1.61. The van der Waals surface area contributed by atoms with Gasteiger partial charge in [-0.25, -0.2) is 4.39 Å². The van der Waals surface area contributed by atoms with Crippen LogP contribution in [-0.2, 0) is 17.9 Å². The minimum absolute atomic E-state index is 0.264. The van der Waals surface area contributed by atoms with Crippen LogP contribution in [0, 0.1) is 5.82 Å². The van der Waals surface area contributed by atoms with Crippen molar-refractivity contribution in [1.82, 2.24) is 0 Å². The molecular formula is C25H26ClFN2O3. The lowest BCUT2D eigenvalue weighted by molar-refractivity contribution is 0.122. The van der Waals surface area contributed by atoms with Crippen LogP contribution in [0.4, 0.5) is 15.8 Å². The van der Waals surface area contributed by atoms with Gasteiger partial charge in [0.05, 0.1) is 31.0 Å². The van der Waals surface area contributed by atoms with Gasteiger partial charge in [0.1, 0.15) is 12.4 Å². The summed E-state index contributed by atoms with van der Waals surface area (Å²) in [6.07, 6.45) is 0. The van der Waals surface area contributed by atoms with Crippen LogP contribution < -0.4 is 19.7 Å². The van der Waals surface area contributed by atoms with Crippen molar-refractivity contribution in [2.75, 3.05) is 43.6 Å². The second kappa shape index (κ2) is 10.6. The Morgan fingerprint density at radius 2 is 1.72 bits per heavy atom. The molecule has 32 heavy (non-hydrogen) atoms. The zero-order valence-electron chi connectivity index (χ0n) is 17.9. The molecule has 5 nitrogen and oxygen atoms in total. The second-order valence-corrected chi connectivity index (χ2v) is 7.93. The van der Waals surface area contributed by atoms with Gasteiger partial charge in [-0.3, -0.25) is 0 Å². The molecule has 0 unspecified atom stereocenters. The molecule has 168 valence electrons. The molecule has 1 N–H and O–H groups in total. The smallest absolute Gasteiger partial charge is 0.161 e. The highest BCUT2D eigenvalue weighted by molar-refractivity contribution is 6.33. The molecule has 4 rings (SSSR count). The average molecular weight is 457 g/mol. The van der Waals surface area contributed by atoms with Crippen LogP contribution in [0.15, 0.2) is 60.7 Å². The molecule has 1 heterocycles. The van der Waals surface area contributed by atoms with Gasteiger partial charge < -0.3 is 24.4 Å². The Balaban J connectivity index is 1.36. The zero-order chi connectivity index (χ0) is 22.3. The molecule has 0 amide bonds. The molecule has 0 spiro atoms. The third kappa shape index (κ3) is 5.64. The Labute approximate surface area is 192 Å². The van der Waals surface area contributed by atoms with Gasteiger partial charge in [0.2, 0.25) is 0 Å². The van der Waals surface area contributed by atoms with Gasteiger partial charge in [0.25, 0.3) is 0 Å². The number of anilines is 2. The van der Waals surface area contributed by atoms with Crippen molar-refractivity contribution in [3.8, 4) is 11.5 Å². The summed E-state index contributed by atoms with van der Waals surface area (Å²) in [6, 6.07) is 18.1. The molecular weight excluding hydrogens is 431 g/mol. The molecule has 0 saturated carbocycles. The number of ether oxygens (including phenoxy) is 3. The summed E-state index contributed by atoms with van der Waals surface area (Å²) in [5, 5.41) is 4.13. The highest BCUT2D eigenvalue weighted by Gasteiger charge is 2.14. The molecule has 1 aliphatic heterocycles. The number of morpholine rings is 1. The Hall–Kier alpha value is -2.96. The highest BCUT2D eigenvalue weighted by atomic mass is 35.5. The molecule has 1 fully saturated rings. The fourth-order valence-electron chi connectivity index (χ4n) is 3.56. The third-order valence-corrected chi connectivity index (χ3v) is 5.63. The van der Waals surface area contributed by atoms with Crippen molar-refractivity contribution >= 4 is 23.0 Å². The predicted octanol–water partition coefficient (Wildman–Crippen LogP) is 5.52. The van der Waals surface area contributed by atoms with E-state index < -0.39 is 0 Å². The number of methoxy groups -OCH3 is 1. The van der Waals surface area contributed by atoms with Crippen LogP contribution in [-0.4, -0.2) is 33.4 Å². The average Bonchev–Trinajstić information content (AvgIpc) is 2.83. The van der Waals surface area contributed by atoms with Crippen LogP contribution in [0.5, 0.6) is 11.5 Å². The topological polar surface area (TPSA) is 43.0 Å². The quantitative estimate of drug-likeness (QED) is 0.483. The number of nitrogens with zero attached hydrogens (tertiary/aromatic N) is 1. The molecule has 0 atom stereocenters. The van der Waals surface area contributed by atoms with Crippen molar-refractivity contribution in [1.29, 1.82) is 0 Å². The van der Waals surface area contributed by atoms with Crippen molar-refractivity contribution in [2.24, 2.45) is 0 Å². The Morgan fingerprint density at radius 3 is 2.44 bits per heavy atom. The van der Waals surface area contributed by atoms with E-state index >= 15 is 0 Å². The normalized spacial score (nSPS) is 13.7. The fraction of sp³-hybridized carbons (Fsp3) is 0.280. The number of nitrogens with one attached hydrogen (secondary N) is 1. The second-order valence-electron chi connectivity index (χ2n) is 7.52. The van der Waals surface area contributed by atoms with E-state index in [0.29, 0.717) is 24.7 Å². The largest absolute Gasteiger partial charge is 0.493 e. The summed E-state index contributed by atoms with van der Waals surface area (Å²) < 4.78 is 29.8. The summed E-state index contributed by atoms with van der Waals surface area (Å²) >= 11 is 6.53. The van der Waals surface area contributed by atoms with Crippen LogP contribution in [0.1, 0.15) is 11.1 Å². The van der Waals surface area contributed by atoms with Crippen LogP contribution >= 0.6 is 11.6 Å². The van der Waals surface area contributed by atoms with E-state index in [9.17, 15) is 4.39 Å². The molecule has 3 aromatic rings. The number of rotatable bonds is 8. The summed E-state index contributed by atoms with van der Waals surface area (Å²) in [4.78, 5) is 2.24. The van der Waals surface area contributed by atoms with Crippen LogP contribution in [0.25, 0.3) is 0 Å². The van der Waals surface area contributed by atoms with E-state index in [1.807, 2.05) is 36.4 Å². The maximum atomic E-state index is 13.1. The lowest BCUT2D eigenvalue weighted by Crippen LogP contribution is -2.36. The summed E-state index contributed by atoms with van der Waals surface area (Å²) in [6.45, 7) is 4.09. The molecule has 3 aromatic carbocycles. The van der Waals surface area contributed by atoms with E-state index in [1.165, 1.54) is 12.1 Å². The number of hydrogen-bond donors (Lipinski definition) is 1. The minimum Gasteiger partial charge on any atom is -0.493 e. The standard InChI is InChI=1S/C25H26ClFN2O3/c1-30-25-14-19(4-9-24(25)32-17-18-2-5-20(27)6-3-18)16-28-21-7-8-23(22(26)15-21)29-10-12-31-13-11-29/h2-9,14-15,28H,10-13,16-17H2,1H3. The van der Waals surface area contributed by atoms with Crippen molar-refractivity contribution in [3.05, 3.63) is 82.6 Å². The number of hydrogen-bond acceptors (Lipinski definition) is 5. The molecule has 0 aliphatic carbocycles. The summed E-state index contributed by atoms with van der Waals surface area (Å²) in [5.74, 6) is 1.02. The Bertz CT molecular complexity index is 1040. The Kier molecular flexibility index (Phi) is 7.35. The van der Waals surface area contributed by atoms with Gasteiger partial charge in [-0.1, -0.05) is 29.8 Å². The zero-order valence-corrected chi connectivity index (χ0v) is 18.7. The lowest BCUT2D eigenvalue weighted by Gasteiger charge is -2.29. The molecule has 1 saturated heterocycles. The van der Waals surface area contributed by atoms with Gasteiger partial charge in [-0.05, 0) is 53.6 Å². The van der Waals surface area contributed by atoms with E-state index in [0.717, 1.165) is 53.8 Å². The Morgan fingerprint density at radius 1 is 0.969 bits per heavy atom. The first-order valence-corrected chi connectivity index (χ1v) is 10.9. The van der Waals surface area contributed by atoms with Gasteiger partial charge in [0.15, 0.2) is 11.5 Å². The maximum absolute atomic E-state index is 13.1.